The minimum absolute atomic E-state index is 0.0823. The summed E-state index contributed by atoms with van der Waals surface area (Å²) in [6.07, 6.45) is 10.4. The van der Waals surface area contributed by atoms with E-state index in [1.165, 1.54) is 45.1 Å². The van der Waals surface area contributed by atoms with Crippen LogP contribution in [0, 0.1) is 51.8 Å². The molecule has 6 rings (SSSR count). The predicted molar refractivity (Wildman–Crippen MR) is 128 cm³/mol. The van der Waals surface area contributed by atoms with E-state index in [0.29, 0.717) is 28.6 Å². The van der Waals surface area contributed by atoms with Crippen LogP contribution in [0.1, 0.15) is 66.2 Å². The summed E-state index contributed by atoms with van der Waals surface area (Å²) in [4.78, 5) is 2.67. The number of morpholine rings is 1. The van der Waals surface area contributed by atoms with Gasteiger partial charge in [0.25, 0.3) is 0 Å². The van der Waals surface area contributed by atoms with Gasteiger partial charge in [-0.15, -0.1) is 0 Å². The molecule has 6 aliphatic rings. The zero-order valence-electron chi connectivity index (χ0n) is 21.0. The zero-order chi connectivity index (χ0) is 22.7. The van der Waals surface area contributed by atoms with Gasteiger partial charge in [0.2, 0.25) is 0 Å². The summed E-state index contributed by atoms with van der Waals surface area (Å²) < 4.78 is 5.63. The first-order valence-electron chi connectivity index (χ1n) is 13.5. The van der Waals surface area contributed by atoms with Crippen LogP contribution >= 0.6 is 0 Å². The Balaban J connectivity index is 1.50. The average molecular weight is 446 g/mol. The van der Waals surface area contributed by atoms with Gasteiger partial charge in [0.05, 0.1) is 13.2 Å². The number of hydrogen-bond acceptors (Lipinski definition) is 4. The molecule has 182 valence electrons. The Kier molecular flexibility index (Phi) is 6.09. The largest absolute Gasteiger partial charge is 0.396 e. The number of hydrogen-bond donors (Lipinski definition) is 2. The van der Waals surface area contributed by atoms with Gasteiger partial charge in [-0.1, -0.05) is 45.8 Å². The number of nitrogens with zero attached hydrogens (tertiary/aromatic N) is 1. The molecule has 5 aliphatic carbocycles. The van der Waals surface area contributed by atoms with E-state index in [-0.39, 0.29) is 30.5 Å². The van der Waals surface area contributed by atoms with Gasteiger partial charge < -0.3 is 14.9 Å². The zero-order valence-corrected chi connectivity index (χ0v) is 21.0. The highest BCUT2D eigenvalue weighted by Crippen LogP contribution is 2.73. The van der Waals surface area contributed by atoms with Gasteiger partial charge in [-0.3, -0.25) is 4.90 Å². The Morgan fingerprint density at radius 3 is 2.47 bits per heavy atom. The van der Waals surface area contributed by atoms with Crippen molar-refractivity contribution in [2.75, 3.05) is 46.1 Å². The Hall–Kier alpha value is -0.420. The van der Waals surface area contributed by atoms with Gasteiger partial charge in [0, 0.05) is 32.8 Å². The van der Waals surface area contributed by atoms with Gasteiger partial charge in [-0.25, -0.2) is 0 Å². The van der Waals surface area contributed by atoms with Crippen molar-refractivity contribution in [3.8, 4) is 0 Å². The fraction of sp³-hybridized carbons (Fsp3) is 0.929. The van der Waals surface area contributed by atoms with Gasteiger partial charge in [0.1, 0.15) is 0 Å². The molecule has 4 heteroatoms. The number of ether oxygens (including phenoxy) is 1. The molecule has 1 heterocycles. The molecule has 0 amide bonds. The first-order chi connectivity index (χ1) is 15.3. The molecule has 1 spiro atoms. The molecule has 0 unspecified atom stereocenters. The molecule has 4 nitrogen and oxygen atoms in total. The highest BCUT2D eigenvalue weighted by atomic mass is 16.5. The number of rotatable bonds is 5. The second-order valence-electron chi connectivity index (χ2n) is 12.9. The fourth-order valence-electron chi connectivity index (χ4n) is 10.0. The van der Waals surface area contributed by atoms with Crippen LogP contribution in [0.5, 0.6) is 0 Å². The number of fused-ring (bicyclic) bond motifs is 2. The van der Waals surface area contributed by atoms with Crippen molar-refractivity contribution in [3.63, 3.8) is 0 Å². The molecule has 1 saturated heterocycles. The molecule has 8 atom stereocenters. The highest BCUT2D eigenvalue weighted by molar-refractivity contribution is 5.31. The highest BCUT2D eigenvalue weighted by Gasteiger charge is 2.67. The summed E-state index contributed by atoms with van der Waals surface area (Å²) in [6, 6.07) is 0. The third-order valence-corrected chi connectivity index (χ3v) is 11.3. The lowest BCUT2D eigenvalue weighted by atomic mass is 9.34. The Labute approximate surface area is 195 Å². The topological polar surface area (TPSA) is 52.9 Å². The van der Waals surface area contributed by atoms with Crippen LogP contribution in [0.4, 0.5) is 0 Å². The summed E-state index contributed by atoms with van der Waals surface area (Å²) in [5.41, 5.74) is 2.37. The van der Waals surface area contributed by atoms with E-state index >= 15 is 0 Å². The number of allylic oxidation sites excluding steroid dienone is 2. The van der Waals surface area contributed by atoms with Crippen molar-refractivity contribution in [3.05, 3.63) is 11.6 Å². The maximum atomic E-state index is 10.6. The van der Waals surface area contributed by atoms with Crippen LogP contribution in [-0.2, 0) is 4.74 Å². The summed E-state index contributed by atoms with van der Waals surface area (Å²) in [7, 11) is 0. The number of aliphatic hydroxyl groups excluding tert-OH is 2. The van der Waals surface area contributed by atoms with Crippen LogP contribution in [0.25, 0.3) is 0 Å². The first kappa shape index (κ1) is 23.3. The van der Waals surface area contributed by atoms with Crippen molar-refractivity contribution >= 4 is 0 Å². The third kappa shape index (κ3) is 3.30. The van der Waals surface area contributed by atoms with Crippen molar-refractivity contribution < 1.29 is 14.9 Å². The molecule has 32 heavy (non-hydrogen) atoms. The molecule has 1 aliphatic heterocycles. The lowest BCUT2D eigenvalue weighted by Crippen LogP contribution is -2.65. The van der Waals surface area contributed by atoms with E-state index in [9.17, 15) is 10.2 Å². The number of aliphatic hydroxyl groups is 2. The molecule has 2 N–H and O–H groups in total. The smallest absolute Gasteiger partial charge is 0.0594 e. The van der Waals surface area contributed by atoms with Crippen molar-refractivity contribution in [1.29, 1.82) is 0 Å². The fourth-order valence-corrected chi connectivity index (χ4v) is 10.0. The maximum absolute atomic E-state index is 10.6. The Morgan fingerprint density at radius 1 is 1.06 bits per heavy atom. The minimum atomic E-state index is 0.0823. The molecule has 0 radical (unpaired) electrons. The van der Waals surface area contributed by atoms with Crippen LogP contribution in [0.15, 0.2) is 11.6 Å². The quantitative estimate of drug-likeness (QED) is 0.618. The lowest BCUT2D eigenvalue weighted by molar-refractivity contribution is -0.197. The molecule has 3 saturated carbocycles. The van der Waals surface area contributed by atoms with Gasteiger partial charge in [0.15, 0.2) is 0 Å². The molecule has 0 aromatic rings. The van der Waals surface area contributed by atoms with E-state index in [0.717, 1.165) is 32.2 Å². The summed E-state index contributed by atoms with van der Waals surface area (Å²) in [5.74, 6) is 2.85. The third-order valence-electron chi connectivity index (χ3n) is 11.3. The molecule has 2 bridgehead atoms. The van der Waals surface area contributed by atoms with Crippen molar-refractivity contribution in [2.45, 2.75) is 66.2 Å². The van der Waals surface area contributed by atoms with Gasteiger partial charge in [-0.05, 0) is 83.9 Å². The average Bonchev–Trinajstić information content (AvgIpc) is 2.78. The van der Waals surface area contributed by atoms with Crippen LogP contribution in [0.2, 0.25) is 0 Å². The van der Waals surface area contributed by atoms with Gasteiger partial charge in [-0.2, -0.15) is 0 Å². The molecule has 0 aromatic heterocycles. The van der Waals surface area contributed by atoms with E-state index in [1.807, 2.05) is 0 Å². The van der Waals surface area contributed by atoms with Crippen LogP contribution < -0.4 is 0 Å². The SMILES string of the molecule is CC(C)C1=C[C@@]23CC[C@H]4[C@](C)(CN5CCOCC5)CCC[C@]4(C)[C@H]2C[C@@H]1[C@H](CO)[C@H]3CO. The summed E-state index contributed by atoms with van der Waals surface area (Å²) in [5, 5.41) is 21.0. The Morgan fingerprint density at radius 2 is 1.81 bits per heavy atom. The second kappa shape index (κ2) is 8.36. The van der Waals surface area contributed by atoms with E-state index in [1.54, 1.807) is 5.57 Å². The molecule has 0 aromatic carbocycles. The van der Waals surface area contributed by atoms with Gasteiger partial charge >= 0.3 is 0 Å². The van der Waals surface area contributed by atoms with Crippen LogP contribution in [-0.4, -0.2) is 61.2 Å². The minimum Gasteiger partial charge on any atom is -0.396 e. The molecule has 4 fully saturated rings. The van der Waals surface area contributed by atoms with Crippen molar-refractivity contribution in [2.24, 2.45) is 51.8 Å². The standard InChI is InChI=1S/C28H47NO3/c1-19(2)21-15-28-9-6-24-26(3,18-29-10-12-32-13-11-29)7-5-8-27(24,4)25(28)14-20(21)22(16-30)23(28)17-31/h15,19-20,22-25,30-31H,5-14,16-18H2,1-4H3/t20-,22-,23+,24-,25+,26-,27-,28+/m0/s1. The van der Waals surface area contributed by atoms with E-state index in [4.69, 9.17) is 4.74 Å². The molecular weight excluding hydrogens is 398 g/mol. The van der Waals surface area contributed by atoms with E-state index < -0.39 is 0 Å². The predicted octanol–water partition coefficient (Wildman–Crippen LogP) is 4.36. The van der Waals surface area contributed by atoms with Crippen molar-refractivity contribution in [1.82, 2.24) is 4.90 Å². The monoisotopic (exact) mass is 445 g/mol. The second-order valence-corrected chi connectivity index (χ2v) is 12.9. The summed E-state index contributed by atoms with van der Waals surface area (Å²) >= 11 is 0. The lowest BCUT2D eigenvalue weighted by Gasteiger charge is -2.70. The van der Waals surface area contributed by atoms with E-state index in [2.05, 4.69) is 38.7 Å². The normalized spacial score (nSPS) is 49.0. The maximum Gasteiger partial charge on any atom is 0.0594 e. The molecular formula is C28H47NO3. The summed E-state index contributed by atoms with van der Waals surface area (Å²) in [6.45, 7) is 15.5. The van der Waals surface area contributed by atoms with Crippen LogP contribution in [0.3, 0.4) is 0 Å². The first-order valence-corrected chi connectivity index (χ1v) is 13.5. The Bertz CT molecular complexity index is 730.